The number of aliphatic hydroxyl groups excluding tert-OH is 1. The Morgan fingerprint density at radius 2 is 2.08 bits per heavy atom. The minimum Gasteiger partial charge on any atom is -0.476 e. The highest BCUT2D eigenvalue weighted by atomic mass is 16.5. The number of ether oxygens (including phenoxy) is 2. The van der Waals surface area contributed by atoms with Crippen LogP contribution in [0.25, 0.3) is 34.3 Å². The average molecular weight is 523 g/mol. The van der Waals surface area contributed by atoms with E-state index in [0.29, 0.717) is 53.7 Å². The van der Waals surface area contributed by atoms with Crippen LogP contribution in [0.5, 0.6) is 11.8 Å². The molecule has 5 rings (SSSR count). The van der Waals surface area contributed by atoms with Gasteiger partial charge in [0, 0.05) is 25.5 Å². The summed E-state index contributed by atoms with van der Waals surface area (Å²) in [5.74, 6) is 1.06. The molecule has 4 aromatic heterocycles. The van der Waals surface area contributed by atoms with Crippen LogP contribution < -0.4 is 15.0 Å². The summed E-state index contributed by atoms with van der Waals surface area (Å²) in [6.45, 7) is 9.25. The third kappa shape index (κ3) is 4.50. The van der Waals surface area contributed by atoms with Gasteiger partial charge >= 0.3 is 0 Å². The lowest BCUT2D eigenvalue weighted by Gasteiger charge is -2.24. The number of nitrogens with one attached hydrogen (secondary N) is 2. The number of aliphatic hydroxyl groups is 1. The average Bonchev–Trinajstić information content (AvgIpc) is 3.51. The number of rotatable bonds is 4. The number of pyridine rings is 1. The summed E-state index contributed by atoms with van der Waals surface area (Å²) in [5, 5.41) is 27.1. The molecule has 4 aromatic rings. The van der Waals surface area contributed by atoms with Gasteiger partial charge < -0.3 is 19.6 Å². The van der Waals surface area contributed by atoms with Crippen LogP contribution >= 0.6 is 0 Å². The predicted octanol–water partition coefficient (Wildman–Crippen LogP) is 2.49. The molecule has 2 bridgehead atoms. The number of hydrogen-bond acceptors (Lipinski definition) is 8. The molecule has 0 fully saturated rings. The van der Waals surface area contributed by atoms with E-state index in [2.05, 4.69) is 25.2 Å². The first-order valence-corrected chi connectivity index (χ1v) is 12.7. The maximum Gasteiger partial charge on any atom is 0.276 e. The van der Waals surface area contributed by atoms with E-state index in [1.807, 2.05) is 64.7 Å². The van der Waals surface area contributed by atoms with E-state index in [0.717, 1.165) is 22.5 Å². The van der Waals surface area contributed by atoms with Gasteiger partial charge in [0.1, 0.15) is 6.10 Å². The Kier molecular flexibility index (Phi) is 6.84. The van der Waals surface area contributed by atoms with Gasteiger partial charge in [0.15, 0.2) is 5.52 Å². The van der Waals surface area contributed by atoms with Crippen LogP contribution in [0.4, 0.5) is 0 Å². The lowest BCUT2D eigenvalue weighted by atomic mass is 10.1. The molecule has 0 aliphatic carbocycles. The van der Waals surface area contributed by atoms with Crippen molar-refractivity contribution in [2.24, 2.45) is 7.05 Å². The van der Waals surface area contributed by atoms with E-state index in [1.165, 1.54) is 0 Å². The van der Waals surface area contributed by atoms with Gasteiger partial charge in [-0.15, -0.1) is 5.10 Å². The maximum absolute atomic E-state index is 13.0. The molecule has 38 heavy (non-hydrogen) atoms. The Hall–Kier alpha value is -3.90. The van der Waals surface area contributed by atoms with E-state index < -0.39 is 0 Å². The first-order chi connectivity index (χ1) is 18.2. The standard InChI is InChI=1S/C26H34N8O4/c1-7-37-25-17-8-9-19-18-10-20(27-24(36)23(18)29-28-19)22-16(4)30-33(6)26(22)38-15(3)11-32(5)12-21(17)34(31-25)14(2)13-35/h8-10,14-15,35H,7,11-13H2,1-6H3,(H,27,36)(H,28,29)/b9-8+/t14-,15-/m0/s1. The number of fused-ring (bicyclic) bond motifs is 4. The van der Waals surface area contributed by atoms with Crippen molar-refractivity contribution in [1.29, 1.82) is 0 Å². The fourth-order valence-corrected chi connectivity index (χ4v) is 5.01. The minimum absolute atomic E-state index is 0.0635. The molecule has 0 unspecified atom stereocenters. The van der Waals surface area contributed by atoms with Gasteiger partial charge in [-0.2, -0.15) is 10.2 Å². The number of aromatic nitrogens is 7. The topological polar surface area (TPSA) is 139 Å². The third-order valence-corrected chi connectivity index (χ3v) is 6.72. The molecule has 12 nitrogen and oxygen atoms in total. The molecule has 0 radical (unpaired) electrons. The van der Waals surface area contributed by atoms with Crippen molar-refractivity contribution in [3.05, 3.63) is 39.1 Å². The zero-order valence-corrected chi connectivity index (χ0v) is 22.6. The fourth-order valence-electron chi connectivity index (χ4n) is 5.01. The van der Waals surface area contributed by atoms with Gasteiger partial charge in [0.25, 0.3) is 5.56 Å². The second-order valence-corrected chi connectivity index (χ2v) is 9.83. The Bertz CT molecular complexity index is 1560. The smallest absolute Gasteiger partial charge is 0.276 e. The molecule has 1 aliphatic heterocycles. The van der Waals surface area contributed by atoms with E-state index in [-0.39, 0.29) is 24.3 Å². The van der Waals surface area contributed by atoms with Crippen molar-refractivity contribution in [3.8, 4) is 23.0 Å². The van der Waals surface area contributed by atoms with Crippen LogP contribution in [0.1, 0.15) is 49.5 Å². The summed E-state index contributed by atoms with van der Waals surface area (Å²) in [6.07, 6.45) is 3.61. The van der Waals surface area contributed by atoms with Crippen LogP contribution in [0.3, 0.4) is 0 Å². The van der Waals surface area contributed by atoms with Crippen LogP contribution in [-0.4, -0.2) is 77.7 Å². The third-order valence-electron chi connectivity index (χ3n) is 6.72. The highest BCUT2D eigenvalue weighted by molar-refractivity contribution is 5.92. The molecule has 0 saturated carbocycles. The maximum atomic E-state index is 13.0. The van der Waals surface area contributed by atoms with E-state index in [9.17, 15) is 9.90 Å². The zero-order valence-electron chi connectivity index (χ0n) is 22.6. The normalized spacial score (nSPS) is 17.9. The van der Waals surface area contributed by atoms with Crippen LogP contribution in [0, 0.1) is 6.92 Å². The van der Waals surface area contributed by atoms with Crippen molar-refractivity contribution in [1.82, 2.24) is 39.6 Å². The highest BCUT2D eigenvalue weighted by Crippen LogP contribution is 2.34. The lowest BCUT2D eigenvalue weighted by molar-refractivity contribution is 0.145. The summed E-state index contributed by atoms with van der Waals surface area (Å²) in [7, 11) is 3.84. The summed E-state index contributed by atoms with van der Waals surface area (Å²) in [4.78, 5) is 18.1. The molecular weight excluding hydrogens is 488 g/mol. The quantitative estimate of drug-likeness (QED) is 0.372. The minimum atomic E-state index is -0.306. The van der Waals surface area contributed by atoms with Gasteiger partial charge in [-0.05, 0) is 53.0 Å². The summed E-state index contributed by atoms with van der Waals surface area (Å²) in [6, 6.07) is 1.65. The molecule has 0 spiro atoms. The molecule has 0 saturated heterocycles. The van der Waals surface area contributed by atoms with Gasteiger partial charge in [-0.3, -0.25) is 19.5 Å². The number of H-pyrrole nitrogens is 2. The molecule has 0 aromatic carbocycles. The fraction of sp³-hybridized carbons (Fsp3) is 0.462. The van der Waals surface area contributed by atoms with Crippen LogP contribution in [-0.2, 0) is 13.6 Å². The Morgan fingerprint density at radius 3 is 2.82 bits per heavy atom. The molecule has 2 atom stereocenters. The summed E-state index contributed by atoms with van der Waals surface area (Å²) >= 11 is 0. The first kappa shape index (κ1) is 25.7. The highest BCUT2D eigenvalue weighted by Gasteiger charge is 2.25. The monoisotopic (exact) mass is 522 g/mol. The van der Waals surface area contributed by atoms with Crippen molar-refractivity contribution in [2.45, 2.75) is 46.4 Å². The van der Waals surface area contributed by atoms with Crippen molar-refractivity contribution in [3.63, 3.8) is 0 Å². The zero-order chi connectivity index (χ0) is 27.1. The van der Waals surface area contributed by atoms with E-state index in [1.54, 1.807) is 4.68 Å². The summed E-state index contributed by atoms with van der Waals surface area (Å²) in [5.41, 5.74) is 4.47. The Balaban J connectivity index is 1.75. The molecule has 5 heterocycles. The van der Waals surface area contributed by atoms with Gasteiger partial charge in [-0.25, -0.2) is 4.68 Å². The molecule has 202 valence electrons. The van der Waals surface area contributed by atoms with Gasteiger partial charge in [0.05, 0.1) is 53.2 Å². The van der Waals surface area contributed by atoms with E-state index in [4.69, 9.17) is 14.6 Å². The van der Waals surface area contributed by atoms with Gasteiger partial charge in [-0.1, -0.05) is 0 Å². The van der Waals surface area contributed by atoms with Crippen molar-refractivity contribution >= 4 is 23.1 Å². The number of aryl methyl sites for hydroxylation is 2. The number of aromatic amines is 2. The molecule has 3 N–H and O–H groups in total. The molecule has 0 amide bonds. The van der Waals surface area contributed by atoms with Crippen LogP contribution in [0.2, 0.25) is 0 Å². The summed E-state index contributed by atoms with van der Waals surface area (Å²) < 4.78 is 15.8. The number of nitrogens with zero attached hydrogens (tertiary/aromatic N) is 6. The predicted molar refractivity (Wildman–Crippen MR) is 144 cm³/mol. The second-order valence-electron chi connectivity index (χ2n) is 9.83. The van der Waals surface area contributed by atoms with Crippen molar-refractivity contribution in [2.75, 3.05) is 26.8 Å². The number of hydrogen-bond donors (Lipinski definition) is 3. The lowest BCUT2D eigenvalue weighted by Crippen LogP contribution is -2.32. The van der Waals surface area contributed by atoms with E-state index >= 15 is 0 Å². The largest absolute Gasteiger partial charge is 0.476 e. The van der Waals surface area contributed by atoms with Crippen LogP contribution in [0.15, 0.2) is 10.9 Å². The molecule has 1 aliphatic rings. The Labute approximate surface area is 219 Å². The SMILES string of the molecule is CCOc1nn([C@@H](C)CO)c2c1/C=C/c1[nH]nc3c(=O)[nH]c(cc13)-c1c(C)nn(C)c1O[C@@H](C)CN(C)C2. The van der Waals surface area contributed by atoms with Crippen molar-refractivity contribution < 1.29 is 14.6 Å². The Morgan fingerprint density at radius 1 is 1.29 bits per heavy atom. The first-order valence-electron chi connectivity index (χ1n) is 12.7. The molecular formula is C26H34N8O4. The van der Waals surface area contributed by atoms with Gasteiger partial charge in [0.2, 0.25) is 11.8 Å². The second kappa shape index (κ2) is 10.1. The number of likely N-dealkylation sites (N-methyl/N-ethyl adjacent to an activating group) is 1. The molecule has 12 heteroatoms.